The van der Waals surface area contributed by atoms with Crippen molar-refractivity contribution in [3.8, 4) is 11.5 Å². The number of hydrogen-bond acceptors (Lipinski definition) is 5. The van der Waals surface area contributed by atoms with Gasteiger partial charge in [0.05, 0.1) is 11.9 Å². The normalized spacial score (nSPS) is 12.7. The summed E-state index contributed by atoms with van der Waals surface area (Å²) >= 11 is 0. The minimum absolute atomic E-state index is 0.0515. The maximum Gasteiger partial charge on any atom is 0.244 e. The molecule has 0 fully saturated rings. The van der Waals surface area contributed by atoms with Crippen molar-refractivity contribution in [1.82, 2.24) is 10.2 Å². The number of para-hydroxylation sites is 1. The van der Waals surface area contributed by atoms with E-state index in [4.69, 9.17) is 4.74 Å². The maximum atomic E-state index is 13.8. The zero-order chi connectivity index (χ0) is 28.4. The second-order valence-corrected chi connectivity index (χ2v) is 11.3. The van der Waals surface area contributed by atoms with Crippen molar-refractivity contribution in [1.29, 1.82) is 0 Å². The predicted molar refractivity (Wildman–Crippen MR) is 154 cm³/mol. The predicted octanol–water partition coefficient (Wildman–Crippen LogP) is 4.97. The Labute approximate surface area is 231 Å². The van der Waals surface area contributed by atoms with E-state index in [1.807, 2.05) is 81.4 Å². The highest BCUT2D eigenvalue weighted by Crippen LogP contribution is 2.26. The fourth-order valence-corrected chi connectivity index (χ4v) is 4.91. The highest BCUT2D eigenvalue weighted by Gasteiger charge is 2.32. The number of anilines is 1. The van der Waals surface area contributed by atoms with Crippen LogP contribution in [0.3, 0.4) is 0 Å². The molecule has 39 heavy (non-hydrogen) atoms. The van der Waals surface area contributed by atoms with E-state index in [1.54, 1.807) is 24.3 Å². The number of amides is 2. The lowest BCUT2D eigenvalue weighted by Gasteiger charge is -2.33. The van der Waals surface area contributed by atoms with Gasteiger partial charge in [-0.15, -0.1) is 0 Å². The van der Waals surface area contributed by atoms with Gasteiger partial charge in [-0.05, 0) is 61.7 Å². The second kappa shape index (κ2) is 13.8. The molecule has 8 nitrogen and oxygen atoms in total. The molecule has 9 heteroatoms. The number of nitrogens with zero attached hydrogens (tertiary/aromatic N) is 2. The summed E-state index contributed by atoms with van der Waals surface area (Å²) in [7, 11) is -3.82. The van der Waals surface area contributed by atoms with E-state index in [0.29, 0.717) is 23.6 Å². The number of benzene rings is 3. The van der Waals surface area contributed by atoms with Gasteiger partial charge in [-0.2, -0.15) is 0 Å². The number of ether oxygens (including phenoxy) is 1. The average molecular weight is 552 g/mol. The molecule has 3 rings (SSSR count). The zero-order valence-corrected chi connectivity index (χ0v) is 23.7. The van der Waals surface area contributed by atoms with Gasteiger partial charge in [-0.25, -0.2) is 8.42 Å². The molecule has 2 atom stereocenters. The van der Waals surface area contributed by atoms with Crippen LogP contribution in [0, 0.1) is 0 Å². The van der Waals surface area contributed by atoms with Crippen molar-refractivity contribution in [3.63, 3.8) is 0 Å². The standard InChI is InChI=1S/C30H37N3O5S/c1-5-23(3)31-30(35)28(6-2)32(21-24-13-9-7-10-14-24)29(34)22-33(39(4,36)37)25-17-19-27(20-18-25)38-26-15-11-8-12-16-26/h7-20,23,28H,5-6,21-22H2,1-4H3,(H,31,35)/t23-,28-/m0/s1. The zero-order valence-electron chi connectivity index (χ0n) is 22.9. The molecule has 0 aliphatic rings. The Morgan fingerprint density at radius 1 is 0.846 bits per heavy atom. The average Bonchev–Trinajstić information content (AvgIpc) is 2.92. The van der Waals surface area contributed by atoms with Gasteiger partial charge >= 0.3 is 0 Å². The number of carbonyl (C=O) groups is 2. The molecule has 0 spiro atoms. The van der Waals surface area contributed by atoms with E-state index in [9.17, 15) is 18.0 Å². The number of carbonyl (C=O) groups excluding carboxylic acids is 2. The quantitative estimate of drug-likeness (QED) is 0.324. The maximum absolute atomic E-state index is 13.8. The highest BCUT2D eigenvalue weighted by molar-refractivity contribution is 7.92. The first-order valence-electron chi connectivity index (χ1n) is 13.1. The summed E-state index contributed by atoms with van der Waals surface area (Å²) in [6, 6.07) is 24.3. The number of sulfonamides is 1. The molecule has 0 radical (unpaired) electrons. The largest absolute Gasteiger partial charge is 0.457 e. The third-order valence-electron chi connectivity index (χ3n) is 6.37. The SMILES string of the molecule is CC[C@H](C)NC(=O)[C@H](CC)N(Cc1ccccc1)C(=O)CN(c1ccc(Oc2ccccc2)cc1)S(C)(=O)=O. The minimum Gasteiger partial charge on any atom is -0.457 e. The van der Waals surface area contributed by atoms with E-state index >= 15 is 0 Å². The van der Waals surface area contributed by atoms with Gasteiger partial charge in [-0.3, -0.25) is 13.9 Å². The minimum atomic E-state index is -3.82. The molecule has 0 aliphatic heterocycles. The van der Waals surface area contributed by atoms with Crippen LogP contribution in [0.4, 0.5) is 5.69 Å². The van der Waals surface area contributed by atoms with Gasteiger partial charge in [0.15, 0.2) is 0 Å². The first-order chi connectivity index (χ1) is 18.6. The summed E-state index contributed by atoms with van der Waals surface area (Å²) in [5.74, 6) is 0.450. The third-order valence-corrected chi connectivity index (χ3v) is 7.51. The van der Waals surface area contributed by atoms with Crippen LogP contribution in [0.25, 0.3) is 0 Å². The van der Waals surface area contributed by atoms with Crippen molar-refractivity contribution in [2.45, 2.75) is 52.2 Å². The molecular formula is C30H37N3O5S. The van der Waals surface area contributed by atoms with Crippen LogP contribution in [0.5, 0.6) is 11.5 Å². The number of nitrogens with one attached hydrogen (secondary N) is 1. The van der Waals surface area contributed by atoms with Gasteiger partial charge < -0.3 is 15.0 Å². The molecule has 0 saturated carbocycles. The number of rotatable bonds is 13. The van der Waals surface area contributed by atoms with Crippen molar-refractivity contribution in [3.05, 3.63) is 90.5 Å². The lowest BCUT2D eigenvalue weighted by Crippen LogP contribution is -2.53. The lowest BCUT2D eigenvalue weighted by molar-refractivity contribution is -0.140. The van der Waals surface area contributed by atoms with Crippen LogP contribution in [0.15, 0.2) is 84.9 Å². The van der Waals surface area contributed by atoms with Crippen LogP contribution in [0.2, 0.25) is 0 Å². The van der Waals surface area contributed by atoms with Gasteiger partial charge in [0.25, 0.3) is 0 Å². The van der Waals surface area contributed by atoms with Crippen LogP contribution >= 0.6 is 0 Å². The number of hydrogen-bond donors (Lipinski definition) is 1. The molecule has 0 bridgehead atoms. The van der Waals surface area contributed by atoms with Gasteiger partial charge in [-0.1, -0.05) is 62.4 Å². The first kappa shape index (κ1) is 29.7. The fourth-order valence-electron chi connectivity index (χ4n) is 4.06. The molecule has 3 aromatic rings. The van der Waals surface area contributed by atoms with Gasteiger partial charge in [0.1, 0.15) is 24.1 Å². The van der Waals surface area contributed by atoms with Crippen molar-refractivity contribution >= 4 is 27.5 Å². The molecule has 0 aromatic heterocycles. The Balaban J connectivity index is 1.88. The summed E-state index contributed by atoms with van der Waals surface area (Å²) < 4.78 is 32.5. The Morgan fingerprint density at radius 2 is 1.41 bits per heavy atom. The second-order valence-electron chi connectivity index (χ2n) is 9.43. The summed E-state index contributed by atoms with van der Waals surface area (Å²) in [4.78, 5) is 28.4. The molecule has 0 aliphatic carbocycles. The van der Waals surface area contributed by atoms with E-state index in [1.165, 1.54) is 4.90 Å². The van der Waals surface area contributed by atoms with E-state index in [0.717, 1.165) is 22.5 Å². The summed E-state index contributed by atoms with van der Waals surface area (Å²) in [5, 5.41) is 2.96. The molecule has 1 N–H and O–H groups in total. The molecule has 3 aromatic carbocycles. The van der Waals surface area contributed by atoms with Gasteiger partial charge in [0, 0.05) is 12.6 Å². The molecular weight excluding hydrogens is 514 g/mol. The molecule has 0 saturated heterocycles. The Kier molecular flexibility index (Phi) is 10.5. The van der Waals surface area contributed by atoms with E-state index in [2.05, 4.69) is 5.32 Å². The fraction of sp³-hybridized carbons (Fsp3) is 0.333. The molecule has 0 unspecified atom stereocenters. The molecule has 2 amide bonds. The Morgan fingerprint density at radius 3 is 1.95 bits per heavy atom. The van der Waals surface area contributed by atoms with Crippen molar-refractivity contribution < 1.29 is 22.7 Å². The van der Waals surface area contributed by atoms with Gasteiger partial charge in [0.2, 0.25) is 21.8 Å². The van der Waals surface area contributed by atoms with E-state index < -0.39 is 28.5 Å². The topological polar surface area (TPSA) is 96.0 Å². The van der Waals surface area contributed by atoms with Crippen molar-refractivity contribution in [2.24, 2.45) is 0 Å². The first-order valence-corrected chi connectivity index (χ1v) is 14.9. The summed E-state index contributed by atoms with van der Waals surface area (Å²) in [5.41, 5.74) is 1.16. The van der Waals surface area contributed by atoms with Crippen molar-refractivity contribution in [2.75, 3.05) is 17.1 Å². The smallest absolute Gasteiger partial charge is 0.244 e. The third kappa shape index (κ3) is 8.58. The molecule has 0 heterocycles. The Hall–Kier alpha value is -3.85. The summed E-state index contributed by atoms with van der Waals surface area (Å²) in [6.45, 7) is 5.45. The highest BCUT2D eigenvalue weighted by atomic mass is 32.2. The van der Waals surface area contributed by atoms with Crippen LogP contribution in [-0.2, 0) is 26.2 Å². The van der Waals surface area contributed by atoms with E-state index in [-0.39, 0.29) is 18.5 Å². The monoisotopic (exact) mass is 551 g/mol. The lowest BCUT2D eigenvalue weighted by atomic mass is 10.1. The molecule has 208 valence electrons. The van der Waals surface area contributed by atoms with Crippen LogP contribution < -0.4 is 14.4 Å². The van der Waals surface area contributed by atoms with Crippen LogP contribution in [-0.4, -0.2) is 50.0 Å². The Bertz CT molecular complexity index is 1320. The van der Waals surface area contributed by atoms with Crippen LogP contribution in [0.1, 0.15) is 39.2 Å². The summed E-state index contributed by atoms with van der Waals surface area (Å²) in [6.07, 6.45) is 2.19.